The maximum atomic E-state index is 13.0. The van der Waals surface area contributed by atoms with Gasteiger partial charge in [0.1, 0.15) is 5.82 Å². The Morgan fingerprint density at radius 3 is 2.71 bits per heavy atom. The lowest BCUT2D eigenvalue weighted by Crippen LogP contribution is -2.30. The number of benzene rings is 1. The normalized spacial score (nSPS) is 10.1. The first-order valence-corrected chi connectivity index (χ1v) is 5.76. The average Bonchev–Trinajstić information content (AvgIpc) is 2.37. The van der Waals surface area contributed by atoms with Crippen LogP contribution in [0.15, 0.2) is 18.2 Å². The van der Waals surface area contributed by atoms with E-state index in [-0.39, 0.29) is 24.6 Å². The van der Waals surface area contributed by atoms with Crippen LogP contribution in [-0.4, -0.2) is 39.3 Å². The molecule has 120 valence electrons. The summed E-state index contributed by atoms with van der Waals surface area (Å²) in [4.78, 5) is 11.5. The van der Waals surface area contributed by atoms with E-state index in [0.29, 0.717) is 13.2 Å². The van der Waals surface area contributed by atoms with Crippen LogP contribution in [-0.2, 0) is 9.53 Å². The molecule has 0 aliphatic rings. The van der Waals surface area contributed by atoms with Gasteiger partial charge in [0.2, 0.25) is 5.91 Å². The van der Waals surface area contributed by atoms with Gasteiger partial charge < -0.3 is 20.1 Å². The molecule has 0 radical (unpaired) electrons. The number of hydrogen-bond acceptors (Lipinski definition) is 4. The maximum absolute atomic E-state index is 13.0. The van der Waals surface area contributed by atoms with Crippen LogP contribution in [0.25, 0.3) is 0 Å². The van der Waals surface area contributed by atoms with Crippen LogP contribution in [0.3, 0.4) is 0 Å². The van der Waals surface area contributed by atoms with Gasteiger partial charge in [-0.15, -0.1) is 12.4 Å². The first-order valence-electron chi connectivity index (χ1n) is 5.76. The Hall–Kier alpha value is -1.51. The molecule has 1 aromatic carbocycles. The van der Waals surface area contributed by atoms with Crippen LogP contribution in [0, 0.1) is 5.82 Å². The summed E-state index contributed by atoms with van der Waals surface area (Å²) >= 11 is 0. The summed E-state index contributed by atoms with van der Waals surface area (Å²) in [6.45, 7) is -2.24. The Labute approximate surface area is 126 Å². The van der Waals surface area contributed by atoms with Crippen molar-refractivity contribution in [2.45, 2.75) is 6.61 Å². The number of alkyl halides is 2. The Bertz CT molecular complexity index is 450. The molecule has 0 saturated heterocycles. The van der Waals surface area contributed by atoms with Crippen molar-refractivity contribution in [3.8, 4) is 5.75 Å². The van der Waals surface area contributed by atoms with Gasteiger partial charge in [-0.1, -0.05) is 0 Å². The second kappa shape index (κ2) is 10.3. The Morgan fingerprint density at radius 2 is 2.10 bits per heavy atom. The lowest BCUT2D eigenvalue weighted by atomic mass is 10.3. The van der Waals surface area contributed by atoms with Gasteiger partial charge in [0, 0.05) is 19.7 Å². The number of methoxy groups -OCH3 is 1. The third-order valence-corrected chi connectivity index (χ3v) is 2.20. The molecule has 0 aliphatic carbocycles. The molecule has 0 atom stereocenters. The van der Waals surface area contributed by atoms with Crippen molar-refractivity contribution in [1.82, 2.24) is 5.32 Å². The SMILES string of the molecule is COCCNCC(=O)Nc1ccc(F)cc1OC(F)F.Cl. The molecule has 5 nitrogen and oxygen atoms in total. The lowest BCUT2D eigenvalue weighted by molar-refractivity contribution is -0.115. The Morgan fingerprint density at radius 1 is 1.38 bits per heavy atom. The Kier molecular flexibility index (Phi) is 9.51. The average molecular weight is 329 g/mol. The first-order chi connectivity index (χ1) is 9.52. The van der Waals surface area contributed by atoms with E-state index in [4.69, 9.17) is 4.74 Å². The van der Waals surface area contributed by atoms with Crippen molar-refractivity contribution >= 4 is 24.0 Å². The van der Waals surface area contributed by atoms with E-state index < -0.39 is 24.1 Å². The zero-order valence-corrected chi connectivity index (χ0v) is 12.0. The van der Waals surface area contributed by atoms with Crippen LogP contribution in [0.1, 0.15) is 0 Å². The summed E-state index contributed by atoms with van der Waals surface area (Å²) in [7, 11) is 1.52. The number of hydrogen-bond donors (Lipinski definition) is 2. The van der Waals surface area contributed by atoms with Gasteiger partial charge in [-0.25, -0.2) is 4.39 Å². The summed E-state index contributed by atoms with van der Waals surface area (Å²) < 4.78 is 46.2. The van der Waals surface area contributed by atoms with E-state index in [9.17, 15) is 18.0 Å². The highest BCUT2D eigenvalue weighted by atomic mass is 35.5. The molecule has 0 aromatic heterocycles. The smallest absolute Gasteiger partial charge is 0.387 e. The summed E-state index contributed by atoms with van der Waals surface area (Å²) in [5, 5.41) is 5.13. The molecule has 2 N–H and O–H groups in total. The van der Waals surface area contributed by atoms with Crippen molar-refractivity contribution in [2.75, 3.05) is 32.1 Å². The van der Waals surface area contributed by atoms with Crippen molar-refractivity contribution < 1.29 is 27.4 Å². The molecule has 0 saturated carbocycles. The maximum Gasteiger partial charge on any atom is 0.387 e. The summed E-state index contributed by atoms with van der Waals surface area (Å²) in [6, 6.07) is 2.96. The highest BCUT2D eigenvalue weighted by Gasteiger charge is 2.13. The van der Waals surface area contributed by atoms with Crippen molar-refractivity contribution in [2.24, 2.45) is 0 Å². The van der Waals surface area contributed by atoms with Crippen molar-refractivity contribution in [1.29, 1.82) is 0 Å². The molecule has 0 unspecified atom stereocenters. The van der Waals surface area contributed by atoms with Gasteiger partial charge in [-0.2, -0.15) is 8.78 Å². The van der Waals surface area contributed by atoms with Crippen LogP contribution in [0.4, 0.5) is 18.9 Å². The minimum atomic E-state index is -3.10. The molecular weight excluding hydrogens is 313 g/mol. The minimum absolute atomic E-state index is 0. The number of carbonyl (C=O) groups excluding carboxylic acids is 1. The minimum Gasteiger partial charge on any atom is -0.432 e. The molecule has 21 heavy (non-hydrogen) atoms. The fourth-order valence-electron chi connectivity index (χ4n) is 1.36. The highest BCUT2D eigenvalue weighted by molar-refractivity contribution is 5.93. The molecule has 9 heteroatoms. The van der Waals surface area contributed by atoms with Gasteiger partial charge in [-0.05, 0) is 12.1 Å². The van der Waals surface area contributed by atoms with Crippen molar-refractivity contribution in [3.05, 3.63) is 24.0 Å². The van der Waals surface area contributed by atoms with E-state index in [1.54, 1.807) is 0 Å². The predicted molar refractivity (Wildman–Crippen MR) is 73.7 cm³/mol. The zero-order chi connectivity index (χ0) is 15.0. The van der Waals surface area contributed by atoms with Crippen LogP contribution >= 0.6 is 12.4 Å². The van der Waals surface area contributed by atoms with Gasteiger partial charge in [0.15, 0.2) is 5.75 Å². The largest absolute Gasteiger partial charge is 0.432 e. The van der Waals surface area contributed by atoms with E-state index >= 15 is 0 Å². The van der Waals surface area contributed by atoms with Gasteiger partial charge in [-0.3, -0.25) is 4.79 Å². The third kappa shape index (κ3) is 7.74. The number of anilines is 1. The van der Waals surface area contributed by atoms with Crippen LogP contribution in [0.2, 0.25) is 0 Å². The fraction of sp³-hybridized carbons (Fsp3) is 0.417. The van der Waals surface area contributed by atoms with Gasteiger partial charge in [0.25, 0.3) is 0 Å². The van der Waals surface area contributed by atoms with Crippen LogP contribution < -0.4 is 15.4 Å². The van der Waals surface area contributed by atoms with Gasteiger partial charge >= 0.3 is 6.61 Å². The fourth-order valence-corrected chi connectivity index (χ4v) is 1.36. The number of rotatable bonds is 8. The standard InChI is InChI=1S/C12H15F3N2O3.ClH/c1-19-5-4-16-7-11(18)17-9-3-2-8(13)6-10(9)20-12(14)15;/h2-3,6,12,16H,4-5,7H2,1H3,(H,17,18);1H. The molecule has 0 heterocycles. The van der Waals surface area contributed by atoms with Gasteiger partial charge in [0.05, 0.1) is 18.8 Å². The first kappa shape index (κ1) is 19.5. The molecular formula is C12H16ClF3N2O3. The number of ether oxygens (including phenoxy) is 2. The number of carbonyl (C=O) groups is 1. The van der Waals surface area contributed by atoms with E-state index in [1.807, 2.05) is 0 Å². The quantitative estimate of drug-likeness (QED) is 0.717. The molecule has 0 aliphatic heterocycles. The number of nitrogens with one attached hydrogen (secondary N) is 2. The summed E-state index contributed by atoms with van der Waals surface area (Å²) in [5.41, 5.74) is -0.0229. The number of halogens is 4. The predicted octanol–water partition coefficient (Wildman–Crippen LogP) is 2.02. The second-order valence-electron chi connectivity index (χ2n) is 3.74. The highest BCUT2D eigenvalue weighted by Crippen LogP contribution is 2.26. The van der Waals surface area contributed by atoms with E-state index in [1.165, 1.54) is 7.11 Å². The molecule has 1 aromatic rings. The molecule has 0 spiro atoms. The molecule has 1 rings (SSSR count). The molecule has 0 fully saturated rings. The molecule has 0 bridgehead atoms. The Balaban J connectivity index is 0.00000400. The van der Waals surface area contributed by atoms with E-state index in [0.717, 1.165) is 18.2 Å². The second-order valence-corrected chi connectivity index (χ2v) is 3.74. The number of amides is 1. The summed E-state index contributed by atoms with van der Waals surface area (Å²) in [5.74, 6) is -1.63. The van der Waals surface area contributed by atoms with Crippen LogP contribution in [0.5, 0.6) is 5.75 Å². The third-order valence-electron chi connectivity index (χ3n) is 2.20. The topological polar surface area (TPSA) is 59.6 Å². The summed E-state index contributed by atoms with van der Waals surface area (Å²) in [6.07, 6.45) is 0. The monoisotopic (exact) mass is 328 g/mol. The van der Waals surface area contributed by atoms with Crippen molar-refractivity contribution in [3.63, 3.8) is 0 Å². The molecule has 1 amide bonds. The zero-order valence-electron chi connectivity index (χ0n) is 11.2. The lowest BCUT2D eigenvalue weighted by Gasteiger charge is -2.12. The van der Waals surface area contributed by atoms with E-state index in [2.05, 4.69) is 15.4 Å².